The molecule has 21 heavy (non-hydrogen) atoms. The molecule has 0 amide bonds. The minimum Gasteiger partial charge on any atom is -0.398 e. The predicted molar refractivity (Wildman–Crippen MR) is 78.6 cm³/mol. The first-order valence-corrected chi connectivity index (χ1v) is 8.05. The van der Waals surface area contributed by atoms with Crippen molar-refractivity contribution in [1.82, 2.24) is 4.31 Å². The van der Waals surface area contributed by atoms with Gasteiger partial charge in [-0.05, 0) is 35.7 Å². The number of fused-ring (bicyclic) bond motifs is 1. The minimum absolute atomic E-state index is 0.179. The second-order valence-electron chi connectivity index (χ2n) is 5.00. The van der Waals surface area contributed by atoms with E-state index in [9.17, 15) is 12.8 Å². The summed E-state index contributed by atoms with van der Waals surface area (Å²) in [6.07, 6.45) is 0.577. The topological polar surface area (TPSA) is 63.4 Å². The van der Waals surface area contributed by atoms with Gasteiger partial charge < -0.3 is 5.73 Å². The zero-order valence-electron chi connectivity index (χ0n) is 11.3. The van der Waals surface area contributed by atoms with Gasteiger partial charge in [0.2, 0.25) is 10.0 Å². The molecular formula is C15H15FN2O2S. The van der Waals surface area contributed by atoms with Crippen molar-refractivity contribution in [1.29, 1.82) is 0 Å². The van der Waals surface area contributed by atoms with Gasteiger partial charge in [-0.15, -0.1) is 0 Å². The van der Waals surface area contributed by atoms with Crippen molar-refractivity contribution in [2.45, 2.75) is 17.9 Å². The quantitative estimate of drug-likeness (QED) is 0.865. The zero-order chi connectivity index (χ0) is 15.0. The minimum atomic E-state index is -3.85. The summed E-state index contributed by atoms with van der Waals surface area (Å²) >= 11 is 0. The average Bonchev–Trinajstić information content (AvgIpc) is 2.47. The highest BCUT2D eigenvalue weighted by Crippen LogP contribution is 2.29. The fraction of sp³-hybridized carbons (Fsp3) is 0.200. The van der Waals surface area contributed by atoms with E-state index in [0.29, 0.717) is 18.7 Å². The van der Waals surface area contributed by atoms with Crippen molar-refractivity contribution in [2.75, 3.05) is 12.3 Å². The van der Waals surface area contributed by atoms with Crippen LogP contribution in [0.4, 0.5) is 10.1 Å². The number of halogens is 1. The van der Waals surface area contributed by atoms with E-state index in [1.54, 1.807) is 6.07 Å². The number of hydrogen-bond donors (Lipinski definition) is 1. The maximum absolute atomic E-state index is 13.8. The monoisotopic (exact) mass is 306 g/mol. The third-order valence-corrected chi connectivity index (χ3v) is 5.61. The Balaban J connectivity index is 2.00. The van der Waals surface area contributed by atoms with Crippen molar-refractivity contribution in [3.05, 3.63) is 59.4 Å². The van der Waals surface area contributed by atoms with Crippen molar-refractivity contribution in [3.8, 4) is 0 Å². The Morgan fingerprint density at radius 3 is 2.62 bits per heavy atom. The van der Waals surface area contributed by atoms with Gasteiger partial charge in [-0.25, -0.2) is 12.8 Å². The number of nitrogens with zero attached hydrogens (tertiary/aromatic N) is 1. The van der Waals surface area contributed by atoms with E-state index in [4.69, 9.17) is 5.73 Å². The summed E-state index contributed by atoms with van der Waals surface area (Å²) in [6.45, 7) is 0.506. The fourth-order valence-electron chi connectivity index (χ4n) is 2.58. The lowest BCUT2D eigenvalue weighted by Crippen LogP contribution is -2.36. The van der Waals surface area contributed by atoms with Crippen LogP contribution in [0.1, 0.15) is 11.1 Å². The number of anilines is 1. The van der Waals surface area contributed by atoms with Gasteiger partial charge in [0.1, 0.15) is 10.7 Å². The Labute approximate surface area is 123 Å². The molecule has 1 heterocycles. The van der Waals surface area contributed by atoms with E-state index in [-0.39, 0.29) is 11.4 Å². The van der Waals surface area contributed by atoms with Crippen LogP contribution in [0.3, 0.4) is 0 Å². The molecule has 0 unspecified atom stereocenters. The highest BCUT2D eigenvalue weighted by molar-refractivity contribution is 7.89. The molecule has 110 valence electrons. The number of benzene rings is 2. The first-order valence-electron chi connectivity index (χ1n) is 6.61. The number of nitrogens with two attached hydrogens (primary N) is 1. The molecule has 0 saturated carbocycles. The number of rotatable bonds is 2. The van der Waals surface area contributed by atoms with Gasteiger partial charge in [0.25, 0.3) is 0 Å². The summed E-state index contributed by atoms with van der Waals surface area (Å²) < 4.78 is 40.2. The SMILES string of the molecule is Nc1cccc2c1CN(S(=O)(=O)c1ccccc1F)CC2. The highest BCUT2D eigenvalue weighted by Gasteiger charge is 2.30. The van der Waals surface area contributed by atoms with E-state index in [1.165, 1.54) is 22.5 Å². The summed E-state index contributed by atoms with van der Waals surface area (Å²) in [6, 6.07) is 11.0. The molecule has 4 nitrogen and oxygen atoms in total. The molecule has 2 N–H and O–H groups in total. The van der Waals surface area contributed by atoms with Gasteiger partial charge in [-0.1, -0.05) is 24.3 Å². The maximum Gasteiger partial charge on any atom is 0.246 e. The van der Waals surface area contributed by atoms with Gasteiger partial charge in [-0.2, -0.15) is 4.31 Å². The van der Waals surface area contributed by atoms with E-state index in [1.807, 2.05) is 12.1 Å². The number of hydrogen-bond acceptors (Lipinski definition) is 3. The molecule has 2 aromatic rings. The third-order valence-electron chi connectivity index (χ3n) is 3.73. The molecule has 0 aliphatic carbocycles. The van der Waals surface area contributed by atoms with Crippen molar-refractivity contribution >= 4 is 15.7 Å². The summed E-state index contributed by atoms with van der Waals surface area (Å²) in [7, 11) is -3.85. The number of sulfonamides is 1. The van der Waals surface area contributed by atoms with E-state index in [0.717, 1.165) is 17.2 Å². The van der Waals surface area contributed by atoms with Crippen molar-refractivity contribution in [3.63, 3.8) is 0 Å². The maximum atomic E-state index is 13.8. The molecule has 0 aromatic heterocycles. The normalized spacial score (nSPS) is 15.7. The predicted octanol–water partition coefficient (Wildman–Crippen LogP) is 2.15. The van der Waals surface area contributed by atoms with Crippen LogP contribution < -0.4 is 5.73 Å². The molecule has 0 atom stereocenters. The highest BCUT2D eigenvalue weighted by atomic mass is 32.2. The Kier molecular flexibility index (Phi) is 3.43. The molecule has 6 heteroatoms. The van der Waals surface area contributed by atoms with Gasteiger partial charge in [0, 0.05) is 18.8 Å². The van der Waals surface area contributed by atoms with E-state index >= 15 is 0 Å². The fourth-order valence-corrected chi connectivity index (χ4v) is 4.05. The van der Waals surface area contributed by atoms with Crippen LogP contribution in [0, 0.1) is 5.82 Å². The molecule has 1 aliphatic heterocycles. The lowest BCUT2D eigenvalue weighted by atomic mass is 10.00. The molecule has 2 aromatic carbocycles. The zero-order valence-corrected chi connectivity index (χ0v) is 12.1. The van der Waals surface area contributed by atoms with Crippen LogP contribution in [0.5, 0.6) is 0 Å². The first kappa shape index (κ1) is 14.0. The number of nitrogen functional groups attached to an aromatic ring is 1. The molecule has 0 fully saturated rings. The van der Waals surface area contributed by atoms with Crippen molar-refractivity contribution in [2.24, 2.45) is 0 Å². The first-order chi connectivity index (χ1) is 10.00. The van der Waals surface area contributed by atoms with Crippen LogP contribution in [0.2, 0.25) is 0 Å². The molecule has 0 bridgehead atoms. The average molecular weight is 306 g/mol. The van der Waals surface area contributed by atoms with Crippen LogP contribution in [0.25, 0.3) is 0 Å². The van der Waals surface area contributed by atoms with Gasteiger partial charge >= 0.3 is 0 Å². The second kappa shape index (κ2) is 5.13. The van der Waals surface area contributed by atoms with Crippen LogP contribution >= 0.6 is 0 Å². The van der Waals surface area contributed by atoms with Crippen molar-refractivity contribution < 1.29 is 12.8 Å². The summed E-state index contributed by atoms with van der Waals surface area (Å²) in [5.41, 5.74) is 8.35. The summed E-state index contributed by atoms with van der Waals surface area (Å²) in [5.74, 6) is -0.732. The molecule has 0 spiro atoms. The Morgan fingerprint density at radius 2 is 1.86 bits per heavy atom. The Morgan fingerprint density at radius 1 is 1.10 bits per heavy atom. The molecule has 1 aliphatic rings. The van der Waals surface area contributed by atoms with E-state index in [2.05, 4.69) is 0 Å². The molecular weight excluding hydrogens is 291 g/mol. The summed E-state index contributed by atoms with van der Waals surface area (Å²) in [5, 5.41) is 0. The van der Waals surface area contributed by atoms with Gasteiger partial charge in [0.05, 0.1) is 0 Å². The lowest BCUT2D eigenvalue weighted by Gasteiger charge is -2.29. The Hall–Kier alpha value is -1.92. The van der Waals surface area contributed by atoms with E-state index < -0.39 is 15.8 Å². The van der Waals surface area contributed by atoms with Crippen LogP contribution in [0.15, 0.2) is 47.4 Å². The molecule has 0 saturated heterocycles. The van der Waals surface area contributed by atoms with Gasteiger partial charge in [-0.3, -0.25) is 0 Å². The standard InChI is InChI=1S/C15H15FN2O2S/c16-13-5-1-2-7-15(13)21(19,20)18-9-8-11-4-3-6-14(17)12(11)10-18/h1-7H,8-10,17H2. The molecule has 3 rings (SSSR count). The van der Waals surface area contributed by atoms with Crippen LogP contribution in [-0.2, 0) is 23.0 Å². The molecule has 0 radical (unpaired) electrons. The van der Waals surface area contributed by atoms with Crippen LogP contribution in [-0.4, -0.2) is 19.3 Å². The largest absolute Gasteiger partial charge is 0.398 e. The second-order valence-corrected chi connectivity index (χ2v) is 6.91. The summed E-state index contributed by atoms with van der Waals surface area (Å²) in [4.78, 5) is -0.289. The lowest BCUT2D eigenvalue weighted by molar-refractivity contribution is 0.389. The third kappa shape index (κ3) is 2.41. The Bertz CT molecular complexity index is 790. The van der Waals surface area contributed by atoms with Gasteiger partial charge in [0.15, 0.2) is 0 Å². The smallest absolute Gasteiger partial charge is 0.246 e.